The average molecular weight is 300 g/mol. The number of carboxylic acid groups (broad SMARTS) is 1. The van der Waals surface area contributed by atoms with Crippen LogP contribution >= 0.6 is 35.0 Å². The van der Waals surface area contributed by atoms with Crippen LogP contribution in [0.15, 0.2) is 46.5 Å². The molecule has 1 heterocycles. The van der Waals surface area contributed by atoms with Gasteiger partial charge in [0, 0.05) is 11.1 Å². The van der Waals surface area contributed by atoms with Gasteiger partial charge in [-0.3, -0.25) is 0 Å². The number of aromatic carboxylic acids is 1. The Morgan fingerprint density at radius 1 is 1.22 bits per heavy atom. The number of carboxylic acids is 1. The van der Waals surface area contributed by atoms with E-state index in [4.69, 9.17) is 28.3 Å². The molecule has 1 aromatic carbocycles. The lowest BCUT2D eigenvalue weighted by molar-refractivity contribution is 0.0697. The molecule has 2 aromatic rings. The molecule has 6 heteroatoms. The normalized spacial score (nSPS) is 10.3. The van der Waals surface area contributed by atoms with E-state index in [0.717, 1.165) is 4.90 Å². The highest BCUT2D eigenvalue weighted by molar-refractivity contribution is 7.99. The van der Waals surface area contributed by atoms with Crippen molar-refractivity contribution in [2.45, 2.75) is 9.92 Å². The zero-order valence-electron chi connectivity index (χ0n) is 8.93. The quantitative estimate of drug-likeness (QED) is 0.921. The average Bonchev–Trinajstić information content (AvgIpc) is 2.33. The van der Waals surface area contributed by atoms with Crippen LogP contribution in [0.1, 0.15) is 10.4 Å². The summed E-state index contributed by atoms with van der Waals surface area (Å²) in [5.41, 5.74) is 0.245. The van der Waals surface area contributed by atoms with Gasteiger partial charge in [-0.25, -0.2) is 9.78 Å². The molecule has 92 valence electrons. The molecule has 0 atom stereocenters. The van der Waals surface area contributed by atoms with Gasteiger partial charge in [0.05, 0.1) is 15.6 Å². The molecule has 0 unspecified atom stereocenters. The molecule has 0 radical (unpaired) electrons. The first kappa shape index (κ1) is 13.2. The molecular weight excluding hydrogens is 293 g/mol. The van der Waals surface area contributed by atoms with Crippen LogP contribution in [0.3, 0.4) is 0 Å². The van der Waals surface area contributed by atoms with Crippen LogP contribution in [-0.4, -0.2) is 16.1 Å². The van der Waals surface area contributed by atoms with Crippen LogP contribution in [-0.2, 0) is 0 Å². The number of halogens is 2. The van der Waals surface area contributed by atoms with Crippen molar-refractivity contribution in [2.75, 3.05) is 0 Å². The van der Waals surface area contributed by atoms with Gasteiger partial charge in [-0.1, -0.05) is 35.0 Å². The minimum atomic E-state index is -0.950. The second-order valence-corrected chi connectivity index (χ2v) is 5.28. The highest BCUT2D eigenvalue weighted by atomic mass is 35.5. The van der Waals surface area contributed by atoms with Crippen molar-refractivity contribution in [2.24, 2.45) is 0 Å². The molecule has 0 fully saturated rings. The lowest BCUT2D eigenvalue weighted by Gasteiger charge is -2.03. The maximum Gasteiger partial charge on any atom is 0.335 e. The number of nitrogens with zero attached hydrogens (tertiary/aromatic N) is 1. The fourth-order valence-electron chi connectivity index (χ4n) is 1.25. The molecule has 2 rings (SSSR count). The third-order valence-electron chi connectivity index (χ3n) is 2.09. The smallest absolute Gasteiger partial charge is 0.335 e. The molecule has 1 aromatic heterocycles. The third kappa shape index (κ3) is 3.16. The molecule has 3 nitrogen and oxygen atoms in total. The monoisotopic (exact) mass is 299 g/mol. The van der Waals surface area contributed by atoms with E-state index in [-0.39, 0.29) is 5.56 Å². The molecule has 0 aliphatic rings. The summed E-state index contributed by atoms with van der Waals surface area (Å²) in [5.74, 6) is -0.950. The second kappa shape index (κ2) is 5.61. The van der Waals surface area contributed by atoms with Gasteiger partial charge in [0.25, 0.3) is 0 Å². The minimum absolute atomic E-state index is 0.245. The summed E-state index contributed by atoms with van der Waals surface area (Å²) >= 11 is 13.1. The maximum atomic E-state index is 10.7. The Morgan fingerprint density at radius 2 is 1.89 bits per heavy atom. The van der Waals surface area contributed by atoms with E-state index in [2.05, 4.69) is 4.98 Å². The molecular formula is C12H7Cl2NO2S. The summed E-state index contributed by atoms with van der Waals surface area (Å²) in [7, 11) is 0. The van der Waals surface area contributed by atoms with Crippen molar-refractivity contribution >= 4 is 40.9 Å². The number of hydrogen-bond acceptors (Lipinski definition) is 3. The van der Waals surface area contributed by atoms with Gasteiger partial charge in [-0.05, 0) is 30.3 Å². The van der Waals surface area contributed by atoms with Crippen LogP contribution in [0.2, 0.25) is 10.0 Å². The third-order valence-corrected chi connectivity index (χ3v) is 3.72. The Bertz CT molecular complexity index is 587. The van der Waals surface area contributed by atoms with E-state index in [1.54, 1.807) is 18.2 Å². The van der Waals surface area contributed by atoms with Crippen molar-refractivity contribution in [3.8, 4) is 0 Å². The van der Waals surface area contributed by atoms with E-state index in [9.17, 15) is 4.79 Å². The zero-order valence-corrected chi connectivity index (χ0v) is 11.3. The molecule has 0 amide bonds. The first-order chi connectivity index (χ1) is 8.56. The summed E-state index contributed by atoms with van der Waals surface area (Å²) in [5, 5.41) is 10.4. The number of hydrogen-bond donors (Lipinski definition) is 1. The highest BCUT2D eigenvalue weighted by Gasteiger charge is 2.07. The number of benzene rings is 1. The highest BCUT2D eigenvalue weighted by Crippen LogP contribution is 2.32. The molecule has 18 heavy (non-hydrogen) atoms. The topological polar surface area (TPSA) is 50.2 Å². The predicted octanol–water partition coefficient (Wildman–Crippen LogP) is 4.24. The molecule has 0 aliphatic heterocycles. The summed E-state index contributed by atoms with van der Waals surface area (Å²) < 4.78 is 0. The summed E-state index contributed by atoms with van der Waals surface area (Å²) in [6, 6.07) is 8.11. The Morgan fingerprint density at radius 3 is 2.44 bits per heavy atom. The summed E-state index contributed by atoms with van der Waals surface area (Å²) in [4.78, 5) is 15.7. The first-order valence-electron chi connectivity index (χ1n) is 4.88. The van der Waals surface area contributed by atoms with Crippen molar-refractivity contribution in [1.29, 1.82) is 0 Å². The maximum absolute atomic E-state index is 10.7. The van der Waals surface area contributed by atoms with Crippen molar-refractivity contribution in [3.63, 3.8) is 0 Å². The van der Waals surface area contributed by atoms with Crippen LogP contribution in [0.25, 0.3) is 0 Å². The van der Waals surface area contributed by atoms with Gasteiger partial charge < -0.3 is 5.11 Å². The van der Waals surface area contributed by atoms with Gasteiger partial charge in [-0.2, -0.15) is 0 Å². The molecule has 0 saturated heterocycles. The Hall–Kier alpha value is -1.23. The van der Waals surface area contributed by atoms with Gasteiger partial charge >= 0.3 is 5.97 Å². The van der Waals surface area contributed by atoms with Gasteiger partial charge in [0.1, 0.15) is 5.03 Å². The van der Waals surface area contributed by atoms with Crippen molar-refractivity contribution < 1.29 is 9.90 Å². The van der Waals surface area contributed by atoms with Crippen molar-refractivity contribution in [3.05, 3.63) is 52.1 Å². The number of carbonyl (C=O) groups is 1. The Kier molecular flexibility index (Phi) is 4.11. The fraction of sp³-hybridized carbons (Fsp3) is 0. The molecule has 0 spiro atoms. The van der Waals surface area contributed by atoms with Crippen LogP contribution in [0, 0.1) is 0 Å². The van der Waals surface area contributed by atoms with Gasteiger partial charge in [0.2, 0.25) is 0 Å². The van der Waals surface area contributed by atoms with E-state index >= 15 is 0 Å². The minimum Gasteiger partial charge on any atom is -0.478 e. The van der Waals surface area contributed by atoms with E-state index in [1.807, 2.05) is 0 Å². The van der Waals surface area contributed by atoms with E-state index < -0.39 is 5.97 Å². The standard InChI is InChI=1S/C12H7Cl2NO2S/c13-8-5-10(14)11(15-6-8)18-9-3-1-7(2-4-9)12(16)17/h1-6H,(H,16,17). The molecule has 0 aliphatic carbocycles. The van der Waals surface area contributed by atoms with Gasteiger partial charge in [0.15, 0.2) is 0 Å². The molecule has 1 N–H and O–H groups in total. The molecule has 0 saturated carbocycles. The first-order valence-corrected chi connectivity index (χ1v) is 6.46. The largest absolute Gasteiger partial charge is 0.478 e. The predicted molar refractivity (Wildman–Crippen MR) is 71.8 cm³/mol. The van der Waals surface area contributed by atoms with Crippen LogP contribution < -0.4 is 0 Å². The van der Waals surface area contributed by atoms with Crippen LogP contribution in [0.4, 0.5) is 0 Å². The number of aromatic nitrogens is 1. The SMILES string of the molecule is O=C(O)c1ccc(Sc2ncc(Cl)cc2Cl)cc1. The Balaban J connectivity index is 2.21. The van der Waals surface area contributed by atoms with E-state index in [0.29, 0.717) is 15.1 Å². The van der Waals surface area contributed by atoms with Crippen LogP contribution in [0.5, 0.6) is 0 Å². The number of pyridine rings is 1. The number of rotatable bonds is 3. The van der Waals surface area contributed by atoms with Crippen molar-refractivity contribution in [1.82, 2.24) is 4.98 Å². The Labute approximate surface area is 118 Å². The molecule has 0 bridgehead atoms. The fourth-order valence-corrected chi connectivity index (χ4v) is 2.51. The van der Waals surface area contributed by atoms with E-state index in [1.165, 1.54) is 30.1 Å². The lowest BCUT2D eigenvalue weighted by atomic mass is 10.2. The second-order valence-electron chi connectivity index (χ2n) is 3.37. The summed E-state index contributed by atoms with van der Waals surface area (Å²) in [6.45, 7) is 0. The summed E-state index contributed by atoms with van der Waals surface area (Å²) in [6.07, 6.45) is 1.52. The zero-order chi connectivity index (χ0) is 13.1. The van der Waals surface area contributed by atoms with Gasteiger partial charge in [-0.15, -0.1) is 0 Å². The lowest BCUT2D eigenvalue weighted by Crippen LogP contribution is -1.94.